The van der Waals surface area contributed by atoms with E-state index in [1.807, 2.05) is 54.6 Å². The molecule has 0 aliphatic rings. The molecule has 0 unspecified atom stereocenters. The van der Waals surface area contributed by atoms with Gasteiger partial charge in [0.1, 0.15) is 18.1 Å². The lowest BCUT2D eigenvalue weighted by molar-refractivity contribution is 0.104. The molecule has 1 aromatic heterocycles. The fourth-order valence-corrected chi connectivity index (χ4v) is 2.18. The molecule has 24 heavy (non-hydrogen) atoms. The Morgan fingerprint density at radius 2 is 1.67 bits per heavy atom. The van der Waals surface area contributed by atoms with Gasteiger partial charge in [0.25, 0.3) is 0 Å². The lowest BCUT2D eigenvalue weighted by Crippen LogP contribution is -1.96. The van der Waals surface area contributed by atoms with Gasteiger partial charge in [-0.25, -0.2) is 0 Å². The van der Waals surface area contributed by atoms with Gasteiger partial charge in [0.2, 0.25) is 5.78 Å². The average Bonchev–Trinajstić information content (AvgIpc) is 2.67. The molecule has 0 bridgehead atoms. The van der Waals surface area contributed by atoms with Crippen LogP contribution in [0.15, 0.2) is 85.1 Å². The number of nitrogens with zero attached hydrogens (tertiary/aromatic N) is 1. The summed E-state index contributed by atoms with van der Waals surface area (Å²) in [4.78, 5) is 16.0. The molecular formula is C21H17NO2. The Kier molecular flexibility index (Phi) is 5.15. The number of benzene rings is 2. The van der Waals surface area contributed by atoms with Crippen molar-refractivity contribution >= 4 is 11.9 Å². The van der Waals surface area contributed by atoms with Crippen LogP contribution in [0.3, 0.4) is 0 Å². The Labute approximate surface area is 141 Å². The third kappa shape index (κ3) is 4.40. The van der Waals surface area contributed by atoms with Crippen LogP contribution in [-0.2, 0) is 6.61 Å². The first-order valence-electron chi connectivity index (χ1n) is 7.71. The highest BCUT2D eigenvalue weighted by atomic mass is 16.5. The highest BCUT2D eigenvalue weighted by Crippen LogP contribution is 2.15. The Morgan fingerprint density at radius 1 is 0.917 bits per heavy atom. The number of hydrogen-bond donors (Lipinski definition) is 0. The SMILES string of the molecule is O=C(/C=C\c1ccc(OCc2ccccc2)cc1)c1ccccn1. The van der Waals surface area contributed by atoms with Crippen molar-refractivity contribution in [1.29, 1.82) is 0 Å². The van der Waals surface area contributed by atoms with E-state index in [1.165, 1.54) is 6.08 Å². The molecule has 0 aliphatic carbocycles. The molecule has 0 N–H and O–H groups in total. The molecule has 0 atom stereocenters. The summed E-state index contributed by atoms with van der Waals surface area (Å²) in [6, 6.07) is 22.9. The Balaban J connectivity index is 1.58. The maximum absolute atomic E-state index is 12.0. The van der Waals surface area contributed by atoms with Gasteiger partial charge >= 0.3 is 0 Å². The summed E-state index contributed by atoms with van der Waals surface area (Å²) in [6.07, 6.45) is 4.92. The number of rotatable bonds is 6. The zero-order chi connectivity index (χ0) is 16.6. The molecule has 0 aliphatic heterocycles. The lowest BCUT2D eigenvalue weighted by Gasteiger charge is -2.06. The second-order valence-electron chi connectivity index (χ2n) is 5.26. The van der Waals surface area contributed by atoms with Gasteiger partial charge in [0.05, 0.1) is 0 Å². The zero-order valence-corrected chi connectivity index (χ0v) is 13.1. The predicted molar refractivity (Wildman–Crippen MR) is 94.8 cm³/mol. The van der Waals surface area contributed by atoms with E-state index >= 15 is 0 Å². The summed E-state index contributed by atoms with van der Waals surface area (Å²) < 4.78 is 5.74. The first-order valence-corrected chi connectivity index (χ1v) is 7.71. The van der Waals surface area contributed by atoms with E-state index in [0.29, 0.717) is 12.3 Å². The molecule has 0 radical (unpaired) electrons. The Hall–Kier alpha value is -3.20. The summed E-state index contributed by atoms with van der Waals surface area (Å²) in [5.41, 5.74) is 2.50. The van der Waals surface area contributed by atoms with Crippen LogP contribution < -0.4 is 4.74 Å². The Bertz CT molecular complexity index is 809. The van der Waals surface area contributed by atoms with E-state index in [9.17, 15) is 4.79 Å². The fourth-order valence-electron chi connectivity index (χ4n) is 2.18. The van der Waals surface area contributed by atoms with Gasteiger partial charge in [0, 0.05) is 6.20 Å². The Morgan fingerprint density at radius 3 is 2.38 bits per heavy atom. The van der Waals surface area contributed by atoms with Crippen molar-refractivity contribution in [3.8, 4) is 5.75 Å². The summed E-state index contributed by atoms with van der Waals surface area (Å²) in [5, 5.41) is 0. The van der Waals surface area contributed by atoms with E-state index in [0.717, 1.165) is 16.9 Å². The van der Waals surface area contributed by atoms with Gasteiger partial charge in [-0.05, 0) is 41.5 Å². The third-order valence-corrected chi connectivity index (χ3v) is 3.47. The van der Waals surface area contributed by atoms with Crippen LogP contribution in [-0.4, -0.2) is 10.8 Å². The van der Waals surface area contributed by atoms with Crippen molar-refractivity contribution < 1.29 is 9.53 Å². The molecule has 118 valence electrons. The summed E-state index contributed by atoms with van der Waals surface area (Å²) in [7, 11) is 0. The van der Waals surface area contributed by atoms with Gasteiger partial charge in [-0.15, -0.1) is 0 Å². The normalized spacial score (nSPS) is 10.7. The topological polar surface area (TPSA) is 39.2 Å². The van der Waals surface area contributed by atoms with Gasteiger partial charge < -0.3 is 4.74 Å². The van der Waals surface area contributed by atoms with E-state index in [4.69, 9.17) is 4.74 Å². The smallest absolute Gasteiger partial charge is 0.204 e. The van der Waals surface area contributed by atoms with E-state index in [2.05, 4.69) is 4.98 Å². The van der Waals surface area contributed by atoms with Crippen LogP contribution >= 0.6 is 0 Å². The molecule has 3 nitrogen and oxygen atoms in total. The number of aromatic nitrogens is 1. The zero-order valence-electron chi connectivity index (χ0n) is 13.1. The van der Waals surface area contributed by atoms with Crippen molar-refractivity contribution in [3.05, 3.63) is 102 Å². The maximum atomic E-state index is 12.0. The van der Waals surface area contributed by atoms with Crippen molar-refractivity contribution in [2.24, 2.45) is 0 Å². The van der Waals surface area contributed by atoms with E-state index in [1.54, 1.807) is 30.5 Å². The third-order valence-electron chi connectivity index (χ3n) is 3.47. The summed E-state index contributed by atoms with van der Waals surface area (Å²) >= 11 is 0. The second-order valence-corrected chi connectivity index (χ2v) is 5.26. The molecule has 3 heteroatoms. The van der Waals surface area contributed by atoms with Crippen LogP contribution in [0.1, 0.15) is 21.6 Å². The number of hydrogen-bond acceptors (Lipinski definition) is 3. The molecule has 0 fully saturated rings. The predicted octanol–water partition coefficient (Wildman–Crippen LogP) is 4.56. The maximum Gasteiger partial charge on any atom is 0.204 e. The highest BCUT2D eigenvalue weighted by molar-refractivity contribution is 6.05. The molecule has 0 saturated heterocycles. The highest BCUT2D eigenvalue weighted by Gasteiger charge is 2.01. The standard InChI is InChI=1S/C21H17NO2/c23-21(20-8-4-5-15-22-20)14-11-17-9-12-19(13-10-17)24-16-18-6-2-1-3-7-18/h1-15H,16H2/b14-11-. The quantitative estimate of drug-likeness (QED) is 0.494. The van der Waals surface area contributed by atoms with E-state index < -0.39 is 0 Å². The molecular weight excluding hydrogens is 298 g/mol. The monoisotopic (exact) mass is 315 g/mol. The van der Waals surface area contributed by atoms with Crippen molar-refractivity contribution in [1.82, 2.24) is 4.98 Å². The summed E-state index contributed by atoms with van der Waals surface area (Å²) in [5.74, 6) is 0.687. The number of ketones is 1. The first-order chi connectivity index (χ1) is 11.8. The van der Waals surface area contributed by atoms with Gasteiger partial charge in [-0.2, -0.15) is 0 Å². The summed E-state index contributed by atoms with van der Waals surface area (Å²) in [6.45, 7) is 0.536. The van der Waals surface area contributed by atoms with Crippen molar-refractivity contribution in [3.63, 3.8) is 0 Å². The lowest BCUT2D eigenvalue weighted by atomic mass is 10.1. The van der Waals surface area contributed by atoms with Crippen LogP contribution in [0.2, 0.25) is 0 Å². The number of carbonyl (C=O) groups excluding carboxylic acids is 1. The van der Waals surface area contributed by atoms with Crippen molar-refractivity contribution in [2.45, 2.75) is 6.61 Å². The molecule has 0 amide bonds. The molecule has 3 aromatic rings. The van der Waals surface area contributed by atoms with Crippen molar-refractivity contribution in [2.75, 3.05) is 0 Å². The molecule has 2 aromatic carbocycles. The van der Waals surface area contributed by atoms with Gasteiger partial charge in [-0.1, -0.05) is 54.6 Å². The minimum absolute atomic E-state index is 0.111. The van der Waals surface area contributed by atoms with Crippen LogP contribution in [0.4, 0.5) is 0 Å². The van der Waals surface area contributed by atoms with E-state index in [-0.39, 0.29) is 5.78 Å². The van der Waals surface area contributed by atoms with Gasteiger partial charge in [-0.3, -0.25) is 9.78 Å². The molecule has 1 heterocycles. The van der Waals surface area contributed by atoms with Crippen LogP contribution in [0.25, 0.3) is 6.08 Å². The van der Waals surface area contributed by atoms with Gasteiger partial charge in [0.15, 0.2) is 0 Å². The second kappa shape index (κ2) is 7.88. The van der Waals surface area contributed by atoms with Crippen LogP contribution in [0, 0.1) is 0 Å². The molecule has 3 rings (SSSR count). The minimum atomic E-state index is -0.111. The number of allylic oxidation sites excluding steroid dienone is 1. The largest absolute Gasteiger partial charge is 0.489 e. The number of carbonyl (C=O) groups is 1. The average molecular weight is 315 g/mol. The number of pyridine rings is 1. The minimum Gasteiger partial charge on any atom is -0.489 e. The molecule has 0 saturated carbocycles. The van der Waals surface area contributed by atoms with Crippen LogP contribution in [0.5, 0.6) is 5.75 Å². The first kappa shape index (κ1) is 15.7. The molecule has 0 spiro atoms. The fraction of sp³-hybridized carbons (Fsp3) is 0.0476. The number of ether oxygens (including phenoxy) is 1.